The normalized spacial score (nSPS) is 11.8. The first-order valence-electron chi connectivity index (χ1n) is 7.62. The molecule has 0 aliphatic rings. The molecule has 0 bridgehead atoms. The van der Waals surface area contributed by atoms with Crippen LogP contribution >= 0.6 is 11.8 Å². The third kappa shape index (κ3) is 5.34. The molecule has 1 atom stereocenters. The minimum absolute atomic E-state index is 0.138. The Hall–Kier alpha value is -2.42. The number of nitrogens with one attached hydrogen (secondary N) is 3. The average molecular weight is 348 g/mol. The number of rotatable bonds is 8. The molecule has 2 amide bonds. The van der Waals surface area contributed by atoms with Gasteiger partial charge in [-0.3, -0.25) is 19.7 Å². The predicted octanol–water partition coefficient (Wildman–Crippen LogP) is 0.990. The Bertz CT molecular complexity index is 676. The molecule has 2 heterocycles. The fraction of sp³-hybridized carbons (Fsp3) is 0.400. The zero-order chi connectivity index (χ0) is 17.4. The molecule has 0 spiro atoms. The molecule has 3 N–H and O–H groups in total. The van der Waals surface area contributed by atoms with Gasteiger partial charge in [0.25, 0.3) is 0 Å². The fourth-order valence-electron chi connectivity index (χ4n) is 1.83. The fourth-order valence-corrected chi connectivity index (χ4v) is 2.44. The molecule has 0 aliphatic carbocycles. The summed E-state index contributed by atoms with van der Waals surface area (Å²) in [5, 5.41) is 12.8. The van der Waals surface area contributed by atoms with Gasteiger partial charge in [-0.1, -0.05) is 18.7 Å². The summed E-state index contributed by atoms with van der Waals surface area (Å²) < 4.78 is 0. The molecule has 8 nitrogen and oxygen atoms in total. The van der Waals surface area contributed by atoms with Crippen molar-refractivity contribution in [1.29, 1.82) is 0 Å². The maximum atomic E-state index is 11.9. The van der Waals surface area contributed by atoms with Crippen LogP contribution in [0.4, 0.5) is 0 Å². The Morgan fingerprint density at radius 2 is 2.08 bits per heavy atom. The SMILES string of the molecule is CCCNC(=O)[C@H](C)NC(=O)CSc1n[nH]c(-c2ccncc2)n1. The number of carbonyl (C=O) groups excluding carboxylic acids is 2. The van der Waals surface area contributed by atoms with Crippen molar-refractivity contribution in [3.05, 3.63) is 24.5 Å². The van der Waals surface area contributed by atoms with Gasteiger partial charge in [0, 0.05) is 24.5 Å². The number of aromatic amines is 1. The molecule has 0 aliphatic heterocycles. The highest BCUT2D eigenvalue weighted by molar-refractivity contribution is 7.99. The first kappa shape index (κ1) is 17.9. The molecule has 0 saturated carbocycles. The van der Waals surface area contributed by atoms with Crippen molar-refractivity contribution in [2.75, 3.05) is 12.3 Å². The van der Waals surface area contributed by atoms with Gasteiger partial charge in [-0.2, -0.15) is 0 Å². The first-order valence-corrected chi connectivity index (χ1v) is 8.61. The zero-order valence-corrected chi connectivity index (χ0v) is 14.4. The van der Waals surface area contributed by atoms with Crippen LogP contribution in [-0.2, 0) is 9.59 Å². The van der Waals surface area contributed by atoms with E-state index in [0.29, 0.717) is 17.5 Å². The highest BCUT2D eigenvalue weighted by Gasteiger charge is 2.15. The summed E-state index contributed by atoms with van der Waals surface area (Å²) in [6, 6.07) is 3.07. The van der Waals surface area contributed by atoms with Gasteiger partial charge in [-0.25, -0.2) is 4.98 Å². The van der Waals surface area contributed by atoms with Crippen molar-refractivity contribution in [3.63, 3.8) is 0 Å². The second-order valence-electron chi connectivity index (χ2n) is 5.07. The Morgan fingerprint density at radius 1 is 1.33 bits per heavy atom. The molecule has 2 aromatic rings. The van der Waals surface area contributed by atoms with Crippen LogP contribution in [-0.4, -0.2) is 50.3 Å². The molecule has 128 valence electrons. The van der Waals surface area contributed by atoms with Crippen LogP contribution in [0.5, 0.6) is 0 Å². The molecule has 0 fully saturated rings. The van der Waals surface area contributed by atoms with E-state index in [0.717, 1.165) is 12.0 Å². The number of hydrogen-bond donors (Lipinski definition) is 3. The lowest BCUT2D eigenvalue weighted by Crippen LogP contribution is -2.45. The van der Waals surface area contributed by atoms with Crippen LogP contribution in [0.15, 0.2) is 29.7 Å². The van der Waals surface area contributed by atoms with E-state index in [1.54, 1.807) is 19.3 Å². The maximum absolute atomic E-state index is 11.9. The molecule has 0 unspecified atom stereocenters. The topological polar surface area (TPSA) is 113 Å². The Balaban J connectivity index is 1.80. The summed E-state index contributed by atoms with van der Waals surface area (Å²) in [6.45, 7) is 4.22. The summed E-state index contributed by atoms with van der Waals surface area (Å²) >= 11 is 1.20. The molecule has 0 saturated heterocycles. The molecule has 9 heteroatoms. The van der Waals surface area contributed by atoms with Crippen molar-refractivity contribution in [2.45, 2.75) is 31.5 Å². The lowest BCUT2D eigenvalue weighted by Gasteiger charge is -2.13. The van der Waals surface area contributed by atoms with Crippen molar-refractivity contribution >= 4 is 23.6 Å². The van der Waals surface area contributed by atoms with Gasteiger partial charge in [0.05, 0.1) is 5.75 Å². The highest BCUT2D eigenvalue weighted by atomic mass is 32.2. The van der Waals surface area contributed by atoms with Gasteiger partial charge in [-0.05, 0) is 25.5 Å². The summed E-state index contributed by atoms with van der Waals surface area (Å²) in [5.74, 6) is 0.328. The number of thioether (sulfide) groups is 1. The van der Waals surface area contributed by atoms with Crippen molar-refractivity contribution in [2.24, 2.45) is 0 Å². The minimum atomic E-state index is -0.566. The van der Waals surface area contributed by atoms with E-state index in [-0.39, 0.29) is 17.6 Å². The summed E-state index contributed by atoms with van der Waals surface area (Å²) in [5.41, 5.74) is 0.870. The van der Waals surface area contributed by atoms with E-state index < -0.39 is 6.04 Å². The van der Waals surface area contributed by atoms with Crippen molar-refractivity contribution in [3.8, 4) is 11.4 Å². The third-order valence-electron chi connectivity index (χ3n) is 3.07. The summed E-state index contributed by atoms with van der Waals surface area (Å²) in [4.78, 5) is 31.9. The summed E-state index contributed by atoms with van der Waals surface area (Å²) in [6.07, 6.45) is 4.19. The molecule has 0 aromatic carbocycles. The van der Waals surface area contributed by atoms with E-state index in [9.17, 15) is 9.59 Å². The molecule has 2 rings (SSSR count). The zero-order valence-electron chi connectivity index (χ0n) is 13.6. The van der Waals surface area contributed by atoms with E-state index in [1.807, 2.05) is 19.1 Å². The molecular weight excluding hydrogens is 328 g/mol. The van der Waals surface area contributed by atoms with Gasteiger partial charge in [-0.15, -0.1) is 5.10 Å². The number of amides is 2. The number of aromatic nitrogens is 4. The standard InChI is InChI=1S/C15H20N6O2S/c1-3-6-17-14(23)10(2)18-12(22)9-24-15-19-13(20-21-15)11-4-7-16-8-5-11/h4-5,7-8,10H,3,6,9H2,1-2H3,(H,17,23)(H,18,22)(H,19,20,21)/t10-/m0/s1. The Labute approximate surface area is 144 Å². The Kier molecular flexibility index (Phi) is 6.74. The third-order valence-corrected chi connectivity index (χ3v) is 3.92. The number of nitrogens with zero attached hydrogens (tertiary/aromatic N) is 3. The van der Waals surface area contributed by atoms with Crippen LogP contribution in [0.1, 0.15) is 20.3 Å². The largest absolute Gasteiger partial charge is 0.354 e. The minimum Gasteiger partial charge on any atom is -0.354 e. The molecular formula is C15H20N6O2S. The van der Waals surface area contributed by atoms with Crippen LogP contribution in [0.25, 0.3) is 11.4 Å². The number of H-pyrrole nitrogens is 1. The van der Waals surface area contributed by atoms with Gasteiger partial charge in [0.15, 0.2) is 5.82 Å². The smallest absolute Gasteiger partial charge is 0.242 e. The van der Waals surface area contributed by atoms with E-state index >= 15 is 0 Å². The van der Waals surface area contributed by atoms with Gasteiger partial charge >= 0.3 is 0 Å². The highest BCUT2D eigenvalue weighted by Crippen LogP contribution is 2.18. The second-order valence-corrected chi connectivity index (χ2v) is 6.01. The maximum Gasteiger partial charge on any atom is 0.242 e. The second kappa shape index (κ2) is 9.02. The monoisotopic (exact) mass is 348 g/mol. The van der Waals surface area contributed by atoms with Gasteiger partial charge < -0.3 is 10.6 Å². The van der Waals surface area contributed by atoms with Crippen LogP contribution in [0.3, 0.4) is 0 Å². The predicted molar refractivity (Wildman–Crippen MR) is 91.2 cm³/mol. The lowest BCUT2D eigenvalue weighted by atomic mass is 10.3. The number of carbonyl (C=O) groups is 2. The first-order chi connectivity index (χ1) is 11.6. The Morgan fingerprint density at radius 3 is 2.79 bits per heavy atom. The van der Waals surface area contributed by atoms with E-state index in [1.165, 1.54) is 11.8 Å². The molecule has 24 heavy (non-hydrogen) atoms. The van der Waals surface area contributed by atoms with Gasteiger partial charge in [0.2, 0.25) is 17.0 Å². The number of pyridine rings is 1. The van der Waals surface area contributed by atoms with E-state index in [2.05, 4.69) is 30.8 Å². The average Bonchev–Trinajstić information content (AvgIpc) is 3.07. The quantitative estimate of drug-likeness (QED) is 0.613. The summed E-state index contributed by atoms with van der Waals surface area (Å²) in [7, 11) is 0. The van der Waals surface area contributed by atoms with Crippen molar-refractivity contribution < 1.29 is 9.59 Å². The van der Waals surface area contributed by atoms with Gasteiger partial charge in [0.1, 0.15) is 6.04 Å². The molecule has 0 radical (unpaired) electrons. The van der Waals surface area contributed by atoms with Crippen molar-refractivity contribution in [1.82, 2.24) is 30.8 Å². The number of hydrogen-bond acceptors (Lipinski definition) is 6. The molecule has 2 aromatic heterocycles. The van der Waals surface area contributed by atoms with Crippen LogP contribution in [0.2, 0.25) is 0 Å². The van der Waals surface area contributed by atoms with E-state index in [4.69, 9.17) is 0 Å². The van der Waals surface area contributed by atoms with Crippen LogP contribution in [0, 0.1) is 0 Å². The lowest BCUT2D eigenvalue weighted by molar-refractivity contribution is -0.127. The van der Waals surface area contributed by atoms with Crippen LogP contribution < -0.4 is 10.6 Å².